The van der Waals surface area contributed by atoms with Crippen LogP contribution in [0.3, 0.4) is 0 Å². The van der Waals surface area contributed by atoms with Crippen molar-refractivity contribution >= 4 is 11.9 Å². The van der Waals surface area contributed by atoms with Crippen LogP contribution in [0, 0.1) is 0 Å². The highest BCUT2D eigenvalue weighted by atomic mass is 19.4. The van der Waals surface area contributed by atoms with Crippen molar-refractivity contribution < 1.29 is 55.1 Å². The van der Waals surface area contributed by atoms with Crippen LogP contribution < -0.4 is 0 Å². The quantitative estimate of drug-likeness (QED) is 0.418. The molecule has 0 spiro atoms. The molecular formula is C24H22F6N2O6. The lowest BCUT2D eigenvalue weighted by Gasteiger charge is -2.32. The van der Waals surface area contributed by atoms with Crippen molar-refractivity contribution in [1.29, 1.82) is 0 Å². The SMILES string of the molecule is O=C(ON1CCOC(c2ccc(C(F)(F)F)cc2)C1)C(=O)ON1CCOC(c2ccc(C(F)(F)F)cc2)C1. The molecule has 2 fully saturated rings. The van der Waals surface area contributed by atoms with Gasteiger partial charge in [0.15, 0.2) is 0 Å². The molecular weight excluding hydrogens is 526 g/mol. The van der Waals surface area contributed by atoms with Gasteiger partial charge in [-0.25, -0.2) is 9.59 Å². The number of hydrogen-bond acceptors (Lipinski definition) is 8. The molecule has 0 aromatic heterocycles. The van der Waals surface area contributed by atoms with Gasteiger partial charge in [0.1, 0.15) is 0 Å². The smallest absolute Gasteiger partial charge is 0.371 e. The highest BCUT2D eigenvalue weighted by Gasteiger charge is 2.34. The van der Waals surface area contributed by atoms with Crippen molar-refractivity contribution in [3.8, 4) is 0 Å². The Morgan fingerprint density at radius 3 is 1.32 bits per heavy atom. The molecule has 0 saturated carbocycles. The van der Waals surface area contributed by atoms with Gasteiger partial charge in [-0.1, -0.05) is 24.3 Å². The van der Waals surface area contributed by atoms with Crippen LogP contribution >= 0.6 is 0 Å². The fourth-order valence-electron chi connectivity index (χ4n) is 3.90. The number of benzene rings is 2. The molecule has 0 aliphatic carbocycles. The number of rotatable bonds is 4. The lowest BCUT2D eigenvalue weighted by molar-refractivity contribution is -0.239. The molecule has 206 valence electrons. The fraction of sp³-hybridized carbons (Fsp3) is 0.417. The van der Waals surface area contributed by atoms with Crippen LogP contribution in [0.2, 0.25) is 0 Å². The minimum atomic E-state index is -4.48. The van der Waals surface area contributed by atoms with Crippen LogP contribution in [0.25, 0.3) is 0 Å². The number of ether oxygens (including phenoxy) is 2. The van der Waals surface area contributed by atoms with Crippen molar-refractivity contribution in [2.45, 2.75) is 24.6 Å². The van der Waals surface area contributed by atoms with Crippen LogP contribution in [-0.2, 0) is 41.1 Å². The summed E-state index contributed by atoms with van der Waals surface area (Å²) < 4.78 is 87.8. The molecule has 2 heterocycles. The average Bonchev–Trinajstić information content (AvgIpc) is 2.88. The topological polar surface area (TPSA) is 77.5 Å². The van der Waals surface area contributed by atoms with E-state index in [0.717, 1.165) is 34.4 Å². The minimum absolute atomic E-state index is 0.0298. The summed E-state index contributed by atoms with van der Waals surface area (Å²) in [5.41, 5.74) is -0.758. The Bertz CT molecular complexity index is 1030. The van der Waals surface area contributed by atoms with Crippen molar-refractivity contribution in [3.63, 3.8) is 0 Å². The number of carbonyl (C=O) groups excluding carboxylic acids is 2. The number of hydrogen-bond donors (Lipinski definition) is 0. The van der Waals surface area contributed by atoms with Crippen LogP contribution in [0.15, 0.2) is 48.5 Å². The predicted octanol–water partition coefficient (Wildman–Crippen LogP) is 4.09. The maximum atomic E-state index is 12.8. The van der Waals surface area contributed by atoms with Crippen molar-refractivity contribution in [2.75, 3.05) is 39.4 Å². The summed E-state index contributed by atoms with van der Waals surface area (Å²) in [4.78, 5) is 34.7. The first-order valence-electron chi connectivity index (χ1n) is 11.4. The van der Waals surface area contributed by atoms with Gasteiger partial charge in [-0.3, -0.25) is 0 Å². The predicted molar refractivity (Wildman–Crippen MR) is 116 cm³/mol. The summed E-state index contributed by atoms with van der Waals surface area (Å²) in [6.45, 7) is 0.349. The van der Waals surface area contributed by atoms with E-state index in [1.54, 1.807) is 0 Å². The Labute approximate surface area is 212 Å². The molecule has 8 nitrogen and oxygen atoms in total. The lowest BCUT2D eigenvalue weighted by Crippen LogP contribution is -2.44. The number of halogens is 6. The van der Waals surface area contributed by atoms with Crippen LogP contribution in [0.1, 0.15) is 34.5 Å². The molecule has 14 heteroatoms. The normalized spacial score (nSPS) is 21.6. The molecule has 2 aromatic carbocycles. The van der Waals surface area contributed by atoms with E-state index in [1.165, 1.54) is 24.3 Å². The second kappa shape index (κ2) is 11.3. The zero-order chi connectivity index (χ0) is 27.5. The number of morpholine rings is 2. The maximum absolute atomic E-state index is 12.8. The van der Waals surface area contributed by atoms with E-state index in [0.29, 0.717) is 11.1 Å². The molecule has 38 heavy (non-hydrogen) atoms. The highest BCUT2D eigenvalue weighted by molar-refractivity contribution is 6.29. The lowest BCUT2D eigenvalue weighted by atomic mass is 10.1. The molecule has 0 radical (unpaired) electrons. The second-order valence-corrected chi connectivity index (χ2v) is 8.49. The summed E-state index contributed by atoms with van der Waals surface area (Å²) in [5, 5.41) is 2.31. The van der Waals surface area contributed by atoms with Crippen molar-refractivity contribution in [2.24, 2.45) is 0 Å². The van der Waals surface area contributed by atoms with Gasteiger partial charge in [-0.2, -0.15) is 26.3 Å². The third-order valence-electron chi connectivity index (χ3n) is 5.87. The molecule has 2 aliphatic rings. The Balaban J connectivity index is 1.28. The Morgan fingerprint density at radius 2 is 1.00 bits per heavy atom. The van der Waals surface area contributed by atoms with Gasteiger partial charge < -0.3 is 19.1 Å². The van der Waals surface area contributed by atoms with E-state index in [9.17, 15) is 35.9 Å². The third kappa shape index (κ3) is 7.01. The van der Waals surface area contributed by atoms with Gasteiger partial charge in [0.2, 0.25) is 0 Å². The second-order valence-electron chi connectivity index (χ2n) is 8.49. The fourth-order valence-corrected chi connectivity index (χ4v) is 3.90. The van der Waals surface area contributed by atoms with Gasteiger partial charge in [0.05, 0.1) is 62.7 Å². The number of hydroxylamine groups is 4. The van der Waals surface area contributed by atoms with Crippen LogP contribution in [-0.4, -0.2) is 61.5 Å². The van der Waals surface area contributed by atoms with Gasteiger partial charge in [-0.15, -0.1) is 10.1 Å². The van der Waals surface area contributed by atoms with Crippen LogP contribution in [0.4, 0.5) is 26.3 Å². The molecule has 2 unspecified atom stereocenters. The first-order valence-corrected chi connectivity index (χ1v) is 11.4. The monoisotopic (exact) mass is 548 g/mol. The minimum Gasteiger partial charge on any atom is -0.371 e. The highest BCUT2D eigenvalue weighted by Crippen LogP contribution is 2.32. The molecule has 2 saturated heterocycles. The molecule has 2 atom stereocenters. The van der Waals surface area contributed by atoms with E-state index >= 15 is 0 Å². The van der Waals surface area contributed by atoms with E-state index < -0.39 is 47.6 Å². The largest absolute Gasteiger partial charge is 0.438 e. The van der Waals surface area contributed by atoms with Crippen LogP contribution in [0.5, 0.6) is 0 Å². The molecule has 0 N–H and O–H groups in total. The number of alkyl halides is 6. The van der Waals surface area contributed by atoms with Gasteiger partial charge in [-0.05, 0) is 35.4 Å². The average molecular weight is 548 g/mol. The summed E-state index contributed by atoms with van der Waals surface area (Å²) >= 11 is 0. The summed E-state index contributed by atoms with van der Waals surface area (Å²) in [6, 6.07) is 8.72. The molecule has 0 amide bonds. The molecule has 2 aromatic rings. The number of carbonyl (C=O) groups is 2. The Morgan fingerprint density at radius 1 is 0.658 bits per heavy atom. The Hall–Kier alpha value is -3.20. The maximum Gasteiger partial charge on any atom is 0.438 e. The zero-order valence-corrected chi connectivity index (χ0v) is 19.6. The summed E-state index contributed by atoms with van der Waals surface area (Å²) in [7, 11) is 0. The Kier molecular flexibility index (Phi) is 8.25. The first-order chi connectivity index (χ1) is 17.9. The van der Waals surface area contributed by atoms with E-state index in [2.05, 4.69) is 0 Å². The van der Waals surface area contributed by atoms with E-state index in [-0.39, 0.29) is 39.4 Å². The first kappa shape index (κ1) is 27.8. The third-order valence-corrected chi connectivity index (χ3v) is 5.87. The van der Waals surface area contributed by atoms with Gasteiger partial charge in [0, 0.05) is 0 Å². The van der Waals surface area contributed by atoms with Crippen molar-refractivity contribution in [3.05, 3.63) is 70.8 Å². The zero-order valence-electron chi connectivity index (χ0n) is 19.6. The van der Waals surface area contributed by atoms with Gasteiger partial charge in [0.25, 0.3) is 0 Å². The van der Waals surface area contributed by atoms with Crippen molar-refractivity contribution in [1.82, 2.24) is 10.1 Å². The van der Waals surface area contributed by atoms with Gasteiger partial charge >= 0.3 is 24.3 Å². The summed E-state index contributed by atoms with van der Waals surface area (Å²) in [6.07, 6.45) is -10.4. The number of nitrogens with zero attached hydrogens (tertiary/aromatic N) is 2. The molecule has 0 bridgehead atoms. The molecule has 2 aliphatic heterocycles. The standard InChI is InChI=1S/C24H22F6N2O6/c25-23(26,27)17-5-1-15(2-6-17)19-13-31(9-11-35-19)37-21(33)22(34)38-32-10-12-36-20(14-32)16-3-7-18(8-4-16)24(28,29)30/h1-8,19-20H,9-14H2. The molecule has 4 rings (SSSR count). The summed E-state index contributed by atoms with van der Waals surface area (Å²) in [5.74, 6) is -2.65. The van der Waals surface area contributed by atoms with E-state index in [1.807, 2.05) is 0 Å². The van der Waals surface area contributed by atoms with E-state index in [4.69, 9.17) is 19.1 Å².